The molecule has 3 N–H and O–H groups in total. The summed E-state index contributed by atoms with van der Waals surface area (Å²) in [6, 6.07) is 1.99. The fourth-order valence-corrected chi connectivity index (χ4v) is 4.07. The molecular weight excluding hydrogens is 406 g/mol. The number of fused-ring (bicyclic) bond motifs is 1. The number of ether oxygens (including phenoxy) is 1. The summed E-state index contributed by atoms with van der Waals surface area (Å²) in [7, 11) is 1.55. The molecule has 11 heteroatoms. The number of thiazole rings is 1. The zero-order valence-electron chi connectivity index (χ0n) is 17.6. The van der Waals surface area contributed by atoms with Gasteiger partial charge in [-0.2, -0.15) is 4.98 Å². The first-order valence-electron chi connectivity index (χ1n) is 9.81. The van der Waals surface area contributed by atoms with Crippen LogP contribution in [0.25, 0.3) is 0 Å². The Morgan fingerprint density at radius 1 is 1.30 bits per heavy atom. The van der Waals surface area contributed by atoms with Gasteiger partial charge < -0.3 is 20.3 Å². The number of hydrogen-bond acceptors (Lipinski definition) is 8. The van der Waals surface area contributed by atoms with E-state index in [4.69, 9.17) is 4.74 Å². The van der Waals surface area contributed by atoms with E-state index < -0.39 is 0 Å². The van der Waals surface area contributed by atoms with Crippen LogP contribution >= 0.6 is 11.3 Å². The number of carbonyl (C=O) groups is 2. The van der Waals surface area contributed by atoms with Crippen LogP contribution in [0.5, 0.6) is 6.01 Å². The minimum absolute atomic E-state index is 0.0832. The summed E-state index contributed by atoms with van der Waals surface area (Å²) < 4.78 is 5.17. The molecule has 3 rings (SSSR count). The highest BCUT2D eigenvalue weighted by Gasteiger charge is 2.23. The monoisotopic (exact) mass is 433 g/mol. The van der Waals surface area contributed by atoms with Crippen LogP contribution in [0.3, 0.4) is 0 Å². The molecule has 2 aromatic heterocycles. The van der Waals surface area contributed by atoms with Gasteiger partial charge in [0.15, 0.2) is 5.13 Å². The smallest absolute Gasteiger partial charge is 0.321 e. The van der Waals surface area contributed by atoms with Crippen molar-refractivity contribution in [1.82, 2.24) is 25.6 Å². The molecule has 0 aromatic carbocycles. The van der Waals surface area contributed by atoms with Gasteiger partial charge in [0.1, 0.15) is 5.82 Å². The molecule has 0 unspecified atom stereocenters. The molecule has 0 aliphatic carbocycles. The molecule has 10 nitrogen and oxygen atoms in total. The lowest BCUT2D eigenvalue weighted by molar-refractivity contribution is -0.121. The molecule has 0 fully saturated rings. The van der Waals surface area contributed by atoms with Gasteiger partial charge in [-0.05, 0) is 20.8 Å². The summed E-state index contributed by atoms with van der Waals surface area (Å²) in [4.78, 5) is 40.1. The fourth-order valence-electron chi connectivity index (χ4n) is 3.05. The minimum atomic E-state index is -0.369. The van der Waals surface area contributed by atoms with Crippen molar-refractivity contribution in [1.29, 1.82) is 0 Å². The second kappa shape index (κ2) is 9.70. The van der Waals surface area contributed by atoms with E-state index in [0.717, 1.165) is 35.0 Å². The third-order valence-corrected chi connectivity index (χ3v) is 5.36. The van der Waals surface area contributed by atoms with E-state index in [-0.39, 0.29) is 30.9 Å². The lowest BCUT2D eigenvalue weighted by atomic mass is 10.2. The number of rotatable bonds is 7. The molecule has 0 saturated carbocycles. The van der Waals surface area contributed by atoms with E-state index in [1.165, 1.54) is 11.3 Å². The Bertz CT molecular complexity index is 916. The predicted molar refractivity (Wildman–Crippen MR) is 115 cm³/mol. The van der Waals surface area contributed by atoms with Crippen molar-refractivity contribution in [3.05, 3.63) is 22.3 Å². The van der Waals surface area contributed by atoms with Crippen molar-refractivity contribution in [2.24, 2.45) is 0 Å². The number of amides is 3. The van der Waals surface area contributed by atoms with E-state index >= 15 is 0 Å². The molecule has 1 aliphatic rings. The van der Waals surface area contributed by atoms with Crippen LogP contribution in [0.15, 0.2) is 6.07 Å². The first kappa shape index (κ1) is 21.8. The van der Waals surface area contributed by atoms with Gasteiger partial charge in [-0.1, -0.05) is 11.3 Å². The van der Waals surface area contributed by atoms with Crippen LogP contribution in [0.4, 0.5) is 15.7 Å². The molecule has 162 valence electrons. The Hall–Kier alpha value is -2.95. The van der Waals surface area contributed by atoms with Crippen molar-refractivity contribution in [2.45, 2.75) is 46.2 Å². The second-order valence-electron chi connectivity index (χ2n) is 7.27. The number of aromatic nitrogens is 3. The Balaban J connectivity index is 1.55. The predicted octanol–water partition coefficient (Wildman–Crippen LogP) is 1.85. The molecule has 0 bridgehead atoms. The van der Waals surface area contributed by atoms with E-state index in [2.05, 4.69) is 35.8 Å². The average Bonchev–Trinajstić information content (AvgIpc) is 3.08. The molecule has 3 amide bonds. The van der Waals surface area contributed by atoms with Crippen LogP contribution in [-0.2, 0) is 17.8 Å². The van der Waals surface area contributed by atoms with Crippen molar-refractivity contribution < 1.29 is 14.3 Å². The number of methoxy groups -OCH3 is 1. The Morgan fingerprint density at radius 2 is 2.10 bits per heavy atom. The molecule has 1 aliphatic heterocycles. The minimum Gasteiger partial charge on any atom is -0.467 e. The highest BCUT2D eigenvalue weighted by Crippen LogP contribution is 2.30. The first-order valence-corrected chi connectivity index (χ1v) is 10.6. The largest absolute Gasteiger partial charge is 0.467 e. The molecular formula is C19H27N7O3S. The van der Waals surface area contributed by atoms with Gasteiger partial charge in [-0.15, -0.1) is 0 Å². The molecule has 0 radical (unpaired) electrons. The van der Waals surface area contributed by atoms with Gasteiger partial charge in [-0.3, -0.25) is 10.1 Å². The quantitative estimate of drug-likeness (QED) is 0.609. The summed E-state index contributed by atoms with van der Waals surface area (Å²) in [5.41, 5.74) is 1.83. The lowest BCUT2D eigenvalue weighted by Gasteiger charge is -2.27. The highest BCUT2D eigenvalue weighted by molar-refractivity contribution is 7.15. The third kappa shape index (κ3) is 5.78. The maximum Gasteiger partial charge on any atom is 0.321 e. The third-order valence-electron chi connectivity index (χ3n) is 4.37. The van der Waals surface area contributed by atoms with Crippen LogP contribution in [0.2, 0.25) is 0 Å². The van der Waals surface area contributed by atoms with E-state index in [1.54, 1.807) is 7.11 Å². The highest BCUT2D eigenvalue weighted by atomic mass is 32.1. The SMILES string of the molecule is COc1nc(C)cc(N2CCc3nc(NC(=O)NCCC(=O)NC(C)C)sc3C2)n1. The molecule has 2 aromatic rings. The van der Waals surface area contributed by atoms with Gasteiger partial charge >= 0.3 is 12.0 Å². The Morgan fingerprint density at radius 3 is 2.83 bits per heavy atom. The first-order chi connectivity index (χ1) is 14.3. The normalized spacial score (nSPS) is 13.0. The number of aryl methyl sites for hydroxylation is 1. The summed E-state index contributed by atoms with van der Waals surface area (Å²) in [5, 5.41) is 8.77. The summed E-state index contributed by atoms with van der Waals surface area (Å²) in [5.74, 6) is 0.719. The molecule has 30 heavy (non-hydrogen) atoms. The van der Waals surface area contributed by atoms with Gasteiger partial charge in [0.05, 0.1) is 19.3 Å². The van der Waals surface area contributed by atoms with Gasteiger partial charge in [0.2, 0.25) is 5.91 Å². The second-order valence-corrected chi connectivity index (χ2v) is 8.35. The van der Waals surface area contributed by atoms with Crippen LogP contribution in [-0.4, -0.2) is 53.1 Å². The number of anilines is 2. The molecule has 0 atom stereocenters. The van der Waals surface area contributed by atoms with Crippen molar-refractivity contribution in [2.75, 3.05) is 30.4 Å². The number of carbonyl (C=O) groups excluding carboxylic acids is 2. The zero-order valence-corrected chi connectivity index (χ0v) is 18.4. The van der Waals surface area contributed by atoms with E-state index in [1.807, 2.05) is 26.8 Å². The van der Waals surface area contributed by atoms with Gasteiger partial charge in [0, 0.05) is 48.6 Å². The number of nitrogens with zero attached hydrogens (tertiary/aromatic N) is 4. The lowest BCUT2D eigenvalue weighted by Crippen LogP contribution is -2.35. The Kier molecular flexibility index (Phi) is 7.03. The standard InChI is InChI=1S/C19H27N7O3S/c1-11(2)21-16(27)5-7-20-17(28)25-19-23-13-6-8-26(10-14(13)30-19)15-9-12(3)22-18(24-15)29-4/h9,11H,5-8,10H2,1-4H3,(H,21,27)(H2,20,23,25,28). The van der Waals surface area contributed by atoms with Crippen LogP contribution in [0.1, 0.15) is 36.5 Å². The molecule has 3 heterocycles. The van der Waals surface area contributed by atoms with Gasteiger partial charge in [-0.25, -0.2) is 14.8 Å². The van der Waals surface area contributed by atoms with Crippen LogP contribution < -0.4 is 25.6 Å². The summed E-state index contributed by atoms with van der Waals surface area (Å²) in [6.07, 6.45) is 0.993. The van der Waals surface area contributed by atoms with E-state index in [0.29, 0.717) is 17.7 Å². The maximum atomic E-state index is 12.1. The number of urea groups is 1. The molecule has 0 spiro atoms. The van der Waals surface area contributed by atoms with E-state index in [9.17, 15) is 9.59 Å². The topological polar surface area (TPSA) is 121 Å². The summed E-state index contributed by atoms with van der Waals surface area (Å²) in [6.45, 7) is 7.39. The summed E-state index contributed by atoms with van der Waals surface area (Å²) >= 11 is 1.45. The van der Waals surface area contributed by atoms with Gasteiger partial charge in [0.25, 0.3) is 0 Å². The fraction of sp³-hybridized carbons (Fsp3) is 0.526. The average molecular weight is 434 g/mol. The zero-order chi connectivity index (χ0) is 21.7. The maximum absolute atomic E-state index is 12.1. The number of hydrogen-bond donors (Lipinski definition) is 3. The molecule has 0 saturated heterocycles. The van der Waals surface area contributed by atoms with Crippen molar-refractivity contribution >= 4 is 34.2 Å². The van der Waals surface area contributed by atoms with Crippen LogP contribution in [0, 0.1) is 6.92 Å². The number of nitrogens with one attached hydrogen (secondary N) is 3. The van der Waals surface area contributed by atoms with Crippen molar-refractivity contribution in [3.8, 4) is 6.01 Å². The van der Waals surface area contributed by atoms with Crippen molar-refractivity contribution in [3.63, 3.8) is 0 Å². The Labute approximate surface area is 179 Å².